The van der Waals surface area contributed by atoms with E-state index in [0.717, 1.165) is 20.4 Å². The van der Waals surface area contributed by atoms with Gasteiger partial charge in [-0.2, -0.15) is 27.7 Å². The normalized spacial score (nSPS) is 7.12. The first-order valence-corrected chi connectivity index (χ1v) is 5.98. The second-order valence-electron chi connectivity index (χ2n) is 3.34. The van der Waals surface area contributed by atoms with E-state index < -0.39 is 0 Å². The molecule has 0 heterocycles. The molecule has 4 heteroatoms. The molecule has 0 fully saturated rings. The van der Waals surface area contributed by atoms with Crippen LogP contribution in [0, 0.1) is 12.8 Å². The van der Waals surface area contributed by atoms with Crippen LogP contribution in [0.3, 0.4) is 0 Å². The molecule has 0 aromatic rings. The van der Waals surface area contributed by atoms with E-state index in [1.165, 1.54) is 0 Å². The molecule has 0 spiro atoms. The van der Waals surface area contributed by atoms with E-state index in [4.69, 9.17) is 13.5 Å². The Bertz CT molecular complexity index is 55.8. The van der Waals surface area contributed by atoms with Crippen molar-refractivity contribution < 1.29 is 33.9 Å². The Hall–Kier alpha value is 0.434. The molecule has 2 N–H and O–H groups in total. The third-order valence-corrected chi connectivity index (χ3v) is 0. The van der Waals surface area contributed by atoms with Gasteiger partial charge in [0.1, 0.15) is 0 Å². The minimum absolute atomic E-state index is 0.167. The molecule has 0 radical (unpaired) electrons. The predicted molar refractivity (Wildman–Crippen MR) is 66.7 cm³/mol. The number of hydrogen-bond donors (Lipinski definition) is 2. The molecule has 3 nitrogen and oxygen atoms in total. The Labute approximate surface area is 114 Å². The van der Waals surface area contributed by atoms with Crippen LogP contribution in [0.1, 0.15) is 55.4 Å². The second-order valence-corrected chi connectivity index (χ2v) is 3.34. The van der Waals surface area contributed by atoms with Crippen LogP contribution in [0.5, 0.6) is 0 Å². The Balaban J connectivity index is -0.0000000322. The van der Waals surface area contributed by atoms with Crippen LogP contribution in [0.2, 0.25) is 0 Å². The first kappa shape index (κ1) is 29.9. The van der Waals surface area contributed by atoms with E-state index >= 15 is 0 Å². The summed E-state index contributed by atoms with van der Waals surface area (Å²) < 4.78 is 8.25. The van der Waals surface area contributed by atoms with Gasteiger partial charge in [0.15, 0.2) is 0 Å². The number of aliphatic hydroxyl groups excluding tert-OH is 2. The summed E-state index contributed by atoms with van der Waals surface area (Å²) in [5, 5.41) is 16.1. The van der Waals surface area contributed by atoms with E-state index in [0.29, 0.717) is 0 Å². The summed E-state index contributed by atoms with van der Waals surface area (Å²) in [6.07, 6.45) is 3.67. The first-order chi connectivity index (χ1) is 7.29. The second kappa shape index (κ2) is 45.2. The zero-order chi connectivity index (χ0) is 14.6. The molecule has 0 atom stereocenters. The number of hydrogen-bond acceptors (Lipinski definition) is 3. The molecule has 0 saturated carbocycles. The fourth-order valence-electron chi connectivity index (χ4n) is 0. The standard InChI is InChI=1S/2C3H8O.2C3H7.O.Ti/c2*1-3(2)4;2*1-3-2;;/h2*3-4H,1-2H3;2*3H,1-2H3;;/q;;2*-1;;+2. The Morgan fingerprint density at radius 3 is 0.750 bits per heavy atom. The summed E-state index contributed by atoms with van der Waals surface area (Å²) in [6, 6.07) is 0. The molecule has 0 aliphatic heterocycles. The van der Waals surface area contributed by atoms with Crippen LogP contribution >= 0.6 is 0 Å². The molecule has 0 saturated heterocycles. The first-order valence-electron chi connectivity index (χ1n) is 5.34. The fourth-order valence-corrected chi connectivity index (χ4v) is 0. The van der Waals surface area contributed by atoms with Crippen molar-refractivity contribution in [1.82, 2.24) is 0 Å². The molecule has 0 bridgehead atoms. The molecular formula is C12H30O3Ti. The average Bonchev–Trinajstić information content (AvgIpc) is 2.07. The molecule has 100 valence electrons. The van der Waals surface area contributed by atoms with Crippen molar-refractivity contribution >= 4 is 0 Å². The Kier molecular flexibility index (Phi) is 84.6. The zero-order valence-electron chi connectivity index (χ0n) is 12.1. The summed E-state index contributed by atoms with van der Waals surface area (Å²) in [6.45, 7) is 14.9. The van der Waals surface area contributed by atoms with Crippen molar-refractivity contribution in [2.45, 2.75) is 67.6 Å². The van der Waals surface area contributed by atoms with Crippen LogP contribution in [-0.4, -0.2) is 22.4 Å². The minimum atomic E-state index is -0.167. The van der Waals surface area contributed by atoms with Gasteiger partial charge in [-0.25, -0.2) is 0 Å². The molecule has 0 unspecified atom stereocenters. The van der Waals surface area contributed by atoms with Gasteiger partial charge in [-0.1, -0.05) is 0 Å². The Morgan fingerprint density at radius 2 is 0.750 bits per heavy atom. The third kappa shape index (κ3) is 13800. The van der Waals surface area contributed by atoms with E-state index in [1.807, 2.05) is 40.5 Å². The van der Waals surface area contributed by atoms with Crippen LogP contribution in [-0.2, 0) is 23.7 Å². The molecule has 0 amide bonds. The molecule has 0 aliphatic rings. The van der Waals surface area contributed by atoms with Crippen molar-refractivity contribution in [3.8, 4) is 0 Å². The number of aliphatic hydroxyl groups is 2. The molecular weight excluding hydrogens is 240 g/mol. The quantitative estimate of drug-likeness (QED) is 0.525. The molecule has 16 heavy (non-hydrogen) atoms. The van der Waals surface area contributed by atoms with Gasteiger partial charge < -0.3 is 23.1 Å². The van der Waals surface area contributed by atoms with Crippen molar-refractivity contribution in [1.29, 1.82) is 0 Å². The zero-order valence-corrected chi connectivity index (χ0v) is 13.7. The maximum atomic E-state index is 8.25. The van der Waals surface area contributed by atoms with Crippen LogP contribution in [0.4, 0.5) is 0 Å². The summed E-state index contributed by atoms with van der Waals surface area (Å²) in [7, 11) is 0. The SMILES string of the molecule is CC(C)O.CC(C)O.C[CH-]C.C[CH-]C.[O]=[Ti+2]. The maximum absolute atomic E-state index is 8.25. The van der Waals surface area contributed by atoms with Crippen molar-refractivity contribution in [3.63, 3.8) is 0 Å². The van der Waals surface area contributed by atoms with Crippen LogP contribution in [0.25, 0.3) is 0 Å². The summed E-state index contributed by atoms with van der Waals surface area (Å²) in [5.41, 5.74) is 0. The predicted octanol–water partition coefficient (Wildman–Crippen LogP) is 3.11. The molecule has 0 aromatic carbocycles. The van der Waals surface area contributed by atoms with Crippen LogP contribution in [0.15, 0.2) is 0 Å². The van der Waals surface area contributed by atoms with Gasteiger partial charge in [0.05, 0.1) is 0 Å². The summed E-state index contributed by atoms with van der Waals surface area (Å²) in [4.78, 5) is 0. The van der Waals surface area contributed by atoms with Crippen molar-refractivity contribution in [3.05, 3.63) is 12.8 Å². The fraction of sp³-hybridized carbons (Fsp3) is 0.833. The topological polar surface area (TPSA) is 57.5 Å². The van der Waals surface area contributed by atoms with Crippen molar-refractivity contribution in [2.75, 3.05) is 0 Å². The van der Waals surface area contributed by atoms with Crippen molar-refractivity contribution in [2.24, 2.45) is 0 Å². The van der Waals surface area contributed by atoms with Gasteiger partial charge in [0.2, 0.25) is 0 Å². The summed E-state index contributed by atoms with van der Waals surface area (Å²) >= 11 is 0.750. The van der Waals surface area contributed by atoms with Gasteiger partial charge in [0, 0.05) is 12.2 Å². The van der Waals surface area contributed by atoms with Crippen LogP contribution < -0.4 is 0 Å². The van der Waals surface area contributed by atoms with E-state index in [1.54, 1.807) is 27.7 Å². The van der Waals surface area contributed by atoms with E-state index in [-0.39, 0.29) is 12.2 Å². The van der Waals surface area contributed by atoms with E-state index in [9.17, 15) is 0 Å². The molecule has 0 rings (SSSR count). The van der Waals surface area contributed by atoms with Gasteiger partial charge >= 0.3 is 23.7 Å². The number of rotatable bonds is 0. The van der Waals surface area contributed by atoms with Gasteiger partial charge in [0.25, 0.3) is 0 Å². The Morgan fingerprint density at radius 1 is 0.750 bits per heavy atom. The monoisotopic (exact) mass is 270 g/mol. The molecule has 0 aromatic heterocycles. The van der Waals surface area contributed by atoms with Gasteiger partial charge in [-0.15, -0.1) is 0 Å². The molecule has 0 aliphatic carbocycles. The average molecular weight is 270 g/mol. The van der Waals surface area contributed by atoms with E-state index in [2.05, 4.69) is 0 Å². The van der Waals surface area contributed by atoms with Gasteiger partial charge in [-0.3, -0.25) is 0 Å². The third-order valence-electron chi connectivity index (χ3n) is 0. The van der Waals surface area contributed by atoms with Gasteiger partial charge in [-0.05, 0) is 27.7 Å². The summed E-state index contributed by atoms with van der Waals surface area (Å²) in [5.74, 6) is 0.